The Balaban J connectivity index is 1.97. The minimum Gasteiger partial charge on any atom is -0.382 e. The Hall–Kier alpha value is -1.49. The first-order chi connectivity index (χ1) is 9.96. The normalized spacial score (nSPS) is 22.6. The van der Waals surface area contributed by atoms with Gasteiger partial charge < -0.3 is 5.32 Å². The zero-order chi connectivity index (χ0) is 15.5. The minimum absolute atomic E-state index is 0.474. The summed E-state index contributed by atoms with van der Waals surface area (Å²) in [5.41, 5.74) is 3.57. The Labute approximate surface area is 129 Å². The van der Waals surface area contributed by atoms with Crippen LogP contribution in [0, 0.1) is 29.6 Å². The van der Waals surface area contributed by atoms with E-state index in [9.17, 15) is 0 Å². The maximum absolute atomic E-state index is 9.03. The Morgan fingerprint density at radius 2 is 1.90 bits per heavy atom. The molecular weight excluding hydrogens is 256 g/mol. The SMILES string of the molecule is CCC(C)(C)C1CCC(Nc2cc(C#N)ccc2C)CC1. The van der Waals surface area contributed by atoms with Gasteiger partial charge in [-0.25, -0.2) is 0 Å². The predicted octanol–water partition coefficient (Wildman–Crippen LogP) is 5.27. The molecule has 0 atom stereocenters. The fraction of sp³-hybridized carbons (Fsp3) is 0.632. The molecule has 0 unspecified atom stereocenters. The zero-order valence-electron chi connectivity index (χ0n) is 13.9. The van der Waals surface area contributed by atoms with Gasteiger partial charge >= 0.3 is 0 Å². The maximum Gasteiger partial charge on any atom is 0.0992 e. The molecule has 0 heterocycles. The minimum atomic E-state index is 0.474. The van der Waals surface area contributed by atoms with Crippen molar-refractivity contribution in [2.75, 3.05) is 5.32 Å². The summed E-state index contributed by atoms with van der Waals surface area (Å²) in [6.07, 6.45) is 6.37. The molecule has 0 aliphatic heterocycles. The highest BCUT2D eigenvalue weighted by Gasteiger charge is 2.31. The van der Waals surface area contributed by atoms with Gasteiger partial charge in [0.1, 0.15) is 0 Å². The molecule has 114 valence electrons. The molecule has 0 saturated heterocycles. The summed E-state index contributed by atoms with van der Waals surface area (Å²) in [5.74, 6) is 0.854. The molecule has 0 spiro atoms. The molecular formula is C19H28N2. The standard InChI is InChI=1S/C19H28N2/c1-5-19(3,4)16-8-10-17(11-9-16)21-18-12-15(13-20)7-6-14(18)2/h6-7,12,16-17,21H,5,8-11H2,1-4H3. The fourth-order valence-corrected chi connectivity index (χ4v) is 3.37. The highest BCUT2D eigenvalue weighted by Crippen LogP contribution is 2.41. The molecule has 1 saturated carbocycles. The average molecular weight is 284 g/mol. The summed E-state index contributed by atoms with van der Waals surface area (Å²) < 4.78 is 0. The number of rotatable bonds is 4. The summed E-state index contributed by atoms with van der Waals surface area (Å²) in [6, 6.07) is 8.69. The number of aryl methyl sites for hydroxylation is 1. The number of hydrogen-bond donors (Lipinski definition) is 1. The smallest absolute Gasteiger partial charge is 0.0992 e. The van der Waals surface area contributed by atoms with Gasteiger partial charge in [0.05, 0.1) is 11.6 Å². The van der Waals surface area contributed by atoms with Crippen LogP contribution in [0.3, 0.4) is 0 Å². The molecule has 0 amide bonds. The molecule has 1 fully saturated rings. The molecule has 1 aliphatic rings. The molecule has 1 aromatic rings. The third-order valence-electron chi connectivity index (χ3n) is 5.47. The molecule has 2 nitrogen and oxygen atoms in total. The number of nitriles is 1. The second-order valence-corrected chi connectivity index (χ2v) is 7.18. The lowest BCUT2D eigenvalue weighted by Gasteiger charge is -2.39. The first-order valence-electron chi connectivity index (χ1n) is 8.23. The van der Waals surface area contributed by atoms with Crippen LogP contribution in [0.25, 0.3) is 0 Å². The molecule has 1 N–H and O–H groups in total. The topological polar surface area (TPSA) is 35.8 Å². The van der Waals surface area contributed by atoms with Crippen molar-refractivity contribution >= 4 is 5.69 Å². The lowest BCUT2D eigenvalue weighted by atomic mass is 9.69. The van der Waals surface area contributed by atoms with Gasteiger partial charge in [-0.2, -0.15) is 5.26 Å². The number of anilines is 1. The summed E-state index contributed by atoms with van der Waals surface area (Å²) in [5, 5.41) is 12.7. The molecule has 2 rings (SSSR count). The van der Waals surface area contributed by atoms with Gasteiger partial charge in [0.25, 0.3) is 0 Å². The fourth-order valence-electron chi connectivity index (χ4n) is 3.37. The first-order valence-corrected chi connectivity index (χ1v) is 8.23. The van der Waals surface area contributed by atoms with Gasteiger partial charge in [-0.15, -0.1) is 0 Å². The highest BCUT2D eigenvalue weighted by atomic mass is 14.9. The van der Waals surface area contributed by atoms with Crippen LogP contribution in [-0.2, 0) is 0 Å². The van der Waals surface area contributed by atoms with E-state index in [2.05, 4.69) is 39.1 Å². The van der Waals surface area contributed by atoms with Crippen molar-refractivity contribution in [3.05, 3.63) is 29.3 Å². The van der Waals surface area contributed by atoms with Crippen LogP contribution in [0.2, 0.25) is 0 Å². The molecule has 21 heavy (non-hydrogen) atoms. The highest BCUT2D eigenvalue weighted by molar-refractivity contribution is 5.55. The van der Waals surface area contributed by atoms with Gasteiger partial charge in [0, 0.05) is 11.7 Å². The van der Waals surface area contributed by atoms with E-state index in [-0.39, 0.29) is 0 Å². The van der Waals surface area contributed by atoms with Gasteiger partial charge in [0.15, 0.2) is 0 Å². The molecule has 0 radical (unpaired) electrons. The maximum atomic E-state index is 9.03. The monoisotopic (exact) mass is 284 g/mol. The quantitative estimate of drug-likeness (QED) is 0.817. The van der Waals surface area contributed by atoms with Crippen LogP contribution >= 0.6 is 0 Å². The van der Waals surface area contributed by atoms with Crippen molar-refractivity contribution in [1.29, 1.82) is 5.26 Å². The van der Waals surface area contributed by atoms with Crippen molar-refractivity contribution < 1.29 is 0 Å². The van der Waals surface area contributed by atoms with E-state index in [0.717, 1.165) is 17.2 Å². The van der Waals surface area contributed by atoms with Crippen LogP contribution in [0.5, 0.6) is 0 Å². The van der Waals surface area contributed by atoms with Gasteiger partial charge in [-0.05, 0) is 61.6 Å². The lowest BCUT2D eigenvalue weighted by molar-refractivity contribution is 0.147. The van der Waals surface area contributed by atoms with Crippen molar-refractivity contribution in [2.24, 2.45) is 11.3 Å². The summed E-state index contributed by atoms with van der Waals surface area (Å²) in [6.45, 7) is 9.23. The van der Waals surface area contributed by atoms with Crippen LogP contribution in [0.4, 0.5) is 5.69 Å². The summed E-state index contributed by atoms with van der Waals surface area (Å²) >= 11 is 0. The summed E-state index contributed by atoms with van der Waals surface area (Å²) in [7, 11) is 0. The Bertz CT molecular complexity index is 517. The van der Waals surface area contributed by atoms with Gasteiger partial charge in [-0.1, -0.05) is 33.3 Å². The Morgan fingerprint density at radius 1 is 1.24 bits per heavy atom. The van der Waals surface area contributed by atoms with Gasteiger partial charge in [0.2, 0.25) is 0 Å². The largest absolute Gasteiger partial charge is 0.382 e. The summed E-state index contributed by atoms with van der Waals surface area (Å²) in [4.78, 5) is 0. The van der Waals surface area contributed by atoms with Crippen molar-refractivity contribution in [3.63, 3.8) is 0 Å². The van der Waals surface area contributed by atoms with Crippen LogP contribution in [-0.4, -0.2) is 6.04 Å². The van der Waals surface area contributed by atoms with Crippen molar-refractivity contribution in [3.8, 4) is 6.07 Å². The second kappa shape index (κ2) is 6.52. The zero-order valence-corrected chi connectivity index (χ0v) is 13.9. The third-order valence-corrected chi connectivity index (χ3v) is 5.47. The number of hydrogen-bond acceptors (Lipinski definition) is 2. The van der Waals surface area contributed by atoms with E-state index < -0.39 is 0 Å². The van der Waals surface area contributed by atoms with Crippen LogP contribution < -0.4 is 5.32 Å². The van der Waals surface area contributed by atoms with E-state index in [1.165, 1.54) is 37.7 Å². The van der Waals surface area contributed by atoms with Crippen molar-refractivity contribution in [1.82, 2.24) is 0 Å². The lowest BCUT2D eigenvalue weighted by Crippen LogP contribution is -2.32. The van der Waals surface area contributed by atoms with E-state index >= 15 is 0 Å². The van der Waals surface area contributed by atoms with E-state index in [1.807, 2.05) is 18.2 Å². The number of nitrogens with one attached hydrogen (secondary N) is 1. The van der Waals surface area contributed by atoms with Crippen LogP contribution in [0.15, 0.2) is 18.2 Å². The first kappa shape index (κ1) is 15.9. The van der Waals surface area contributed by atoms with Crippen LogP contribution in [0.1, 0.15) is 64.0 Å². The van der Waals surface area contributed by atoms with E-state index in [4.69, 9.17) is 5.26 Å². The van der Waals surface area contributed by atoms with E-state index in [1.54, 1.807) is 0 Å². The third kappa shape index (κ3) is 3.79. The number of benzene rings is 1. The molecule has 0 aromatic heterocycles. The molecule has 1 aromatic carbocycles. The van der Waals surface area contributed by atoms with Gasteiger partial charge in [-0.3, -0.25) is 0 Å². The Kier molecular flexibility index (Phi) is 4.93. The van der Waals surface area contributed by atoms with E-state index in [0.29, 0.717) is 11.5 Å². The average Bonchev–Trinajstić information content (AvgIpc) is 2.50. The predicted molar refractivity (Wildman–Crippen MR) is 89.3 cm³/mol. The van der Waals surface area contributed by atoms with Crippen molar-refractivity contribution in [2.45, 2.75) is 65.8 Å². The Morgan fingerprint density at radius 3 is 2.48 bits per heavy atom. The number of nitrogens with zero attached hydrogens (tertiary/aromatic N) is 1. The molecule has 0 bridgehead atoms. The second-order valence-electron chi connectivity index (χ2n) is 7.18. The molecule has 2 heteroatoms. The molecule has 1 aliphatic carbocycles.